The number of rotatable bonds is 8. The van der Waals surface area contributed by atoms with Crippen LogP contribution in [0.3, 0.4) is 0 Å². The molecule has 1 aromatic carbocycles. The zero-order valence-corrected chi connectivity index (χ0v) is 16.5. The number of amides is 3. The molecule has 0 spiro atoms. The molecule has 146 valence electrons. The van der Waals surface area contributed by atoms with Crippen molar-refractivity contribution in [2.24, 2.45) is 0 Å². The Kier molecular flexibility index (Phi) is 7.81. The van der Waals surface area contributed by atoms with Gasteiger partial charge in [-0.05, 0) is 32.4 Å². The summed E-state index contributed by atoms with van der Waals surface area (Å²) in [6.07, 6.45) is 0.773. The van der Waals surface area contributed by atoms with Crippen molar-refractivity contribution in [3.63, 3.8) is 0 Å². The third-order valence-corrected chi connectivity index (χ3v) is 4.59. The Bertz CT molecular complexity index is 866. The second-order valence-corrected chi connectivity index (χ2v) is 7.00. The fourth-order valence-corrected chi connectivity index (χ4v) is 3.18. The minimum atomic E-state index is -0.574. The van der Waals surface area contributed by atoms with E-state index in [0.717, 1.165) is 11.8 Å². The molecule has 9 heteroatoms. The average Bonchev–Trinajstić information content (AvgIpc) is 2.64. The van der Waals surface area contributed by atoms with E-state index in [1.165, 1.54) is 7.05 Å². The van der Waals surface area contributed by atoms with Crippen molar-refractivity contribution in [3.8, 4) is 0 Å². The number of carbonyl (C=O) groups is 2. The second-order valence-electron chi connectivity index (χ2n) is 6.06. The van der Waals surface area contributed by atoms with Crippen LogP contribution >= 0.6 is 11.8 Å². The van der Waals surface area contributed by atoms with Crippen LogP contribution in [0, 0.1) is 0 Å². The zero-order valence-electron chi connectivity index (χ0n) is 15.7. The molecule has 0 aliphatic heterocycles. The Balaban J connectivity index is 2.21. The minimum absolute atomic E-state index is 0.0271. The Morgan fingerprint density at radius 1 is 1.30 bits per heavy atom. The summed E-state index contributed by atoms with van der Waals surface area (Å²) < 4.78 is 7.09. The normalized spacial score (nSPS) is 11.0. The standard InChI is InChI=1S/C18H24N4O4S/c1-12(2)26-10-6-9-22-16(24)13-7-4-5-8-14(13)20-18(22)27-11-15(23)21-17(25)19-3/h4-5,7-8,12H,6,9-11H2,1-3H3,(H2,19,21,23,25). The first kappa shape index (κ1) is 20.9. The van der Waals surface area contributed by atoms with Gasteiger partial charge in [0.1, 0.15) is 0 Å². The van der Waals surface area contributed by atoms with Crippen LogP contribution in [0.5, 0.6) is 0 Å². The summed E-state index contributed by atoms with van der Waals surface area (Å²) in [7, 11) is 1.43. The highest BCUT2D eigenvalue weighted by Gasteiger charge is 2.14. The van der Waals surface area contributed by atoms with Gasteiger partial charge in [-0.15, -0.1) is 0 Å². The first-order valence-corrected chi connectivity index (χ1v) is 9.66. The van der Waals surface area contributed by atoms with Gasteiger partial charge in [-0.2, -0.15) is 0 Å². The summed E-state index contributed by atoms with van der Waals surface area (Å²) in [4.78, 5) is 40.5. The van der Waals surface area contributed by atoms with Gasteiger partial charge >= 0.3 is 6.03 Å². The lowest BCUT2D eigenvalue weighted by Crippen LogP contribution is -2.38. The van der Waals surface area contributed by atoms with Crippen LogP contribution in [0.1, 0.15) is 20.3 Å². The number of benzene rings is 1. The van der Waals surface area contributed by atoms with Gasteiger partial charge in [-0.3, -0.25) is 19.5 Å². The number of para-hydroxylation sites is 1. The highest BCUT2D eigenvalue weighted by Crippen LogP contribution is 2.18. The quantitative estimate of drug-likeness (QED) is 0.403. The van der Waals surface area contributed by atoms with Gasteiger partial charge in [-0.1, -0.05) is 23.9 Å². The maximum absolute atomic E-state index is 12.9. The van der Waals surface area contributed by atoms with Crippen LogP contribution in [0.2, 0.25) is 0 Å². The van der Waals surface area contributed by atoms with Gasteiger partial charge in [0.2, 0.25) is 5.91 Å². The van der Waals surface area contributed by atoms with E-state index in [2.05, 4.69) is 15.6 Å². The van der Waals surface area contributed by atoms with Gasteiger partial charge in [-0.25, -0.2) is 9.78 Å². The molecule has 3 amide bonds. The molecule has 2 rings (SSSR count). The lowest BCUT2D eigenvalue weighted by Gasteiger charge is -2.14. The minimum Gasteiger partial charge on any atom is -0.379 e. The molecular weight excluding hydrogens is 368 g/mol. The molecule has 0 aliphatic carbocycles. The number of fused-ring (bicyclic) bond motifs is 1. The molecule has 1 aromatic heterocycles. The molecule has 0 unspecified atom stereocenters. The summed E-state index contributed by atoms with van der Waals surface area (Å²) >= 11 is 1.12. The third kappa shape index (κ3) is 6.07. The van der Waals surface area contributed by atoms with Crippen molar-refractivity contribution in [1.29, 1.82) is 0 Å². The summed E-state index contributed by atoms with van der Waals surface area (Å²) in [6, 6.07) is 6.52. The SMILES string of the molecule is CNC(=O)NC(=O)CSc1nc2ccccc2c(=O)n1CCCOC(C)C. The van der Waals surface area contributed by atoms with E-state index >= 15 is 0 Å². The first-order valence-electron chi connectivity index (χ1n) is 8.68. The number of ether oxygens (including phenoxy) is 1. The van der Waals surface area contributed by atoms with Crippen LogP contribution in [0.4, 0.5) is 4.79 Å². The third-order valence-electron chi connectivity index (χ3n) is 3.62. The Labute approximate surface area is 161 Å². The molecule has 1 heterocycles. The molecule has 0 aliphatic rings. The molecule has 2 N–H and O–H groups in total. The van der Waals surface area contributed by atoms with Crippen molar-refractivity contribution >= 4 is 34.6 Å². The fraction of sp³-hybridized carbons (Fsp3) is 0.444. The number of aromatic nitrogens is 2. The van der Waals surface area contributed by atoms with E-state index < -0.39 is 11.9 Å². The van der Waals surface area contributed by atoms with Gasteiger partial charge in [0.15, 0.2) is 5.16 Å². The van der Waals surface area contributed by atoms with Crippen LogP contribution in [-0.2, 0) is 16.1 Å². The molecule has 0 saturated heterocycles. The number of nitrogens with zero attached hydrogens (tertiary/aromatic N) is 2. The molecule has 0 fully saturated rings. The highest BCUT2D eigenvalue weighted by molar-refractivity contribution is 7.99. The molecular formula is C18H24N4O4S. The van der Waals surface area contributed by atoms with E-state index in [1.807, 2.05) is 19.9 Å². The maximum Gasteiger partial charge on any atom is 0.321 e. The molecule has 0 bridgehead atoms. The number of carbonyl (C=O) groups excluding carboxylic acids is 2. The number of nitrogens with one attached hydrogen (secondary N) is 2. The molecule has 8 nitrogen and oxygen atoms in total. The summed E-state index contributed by atoms with van der Waals surface area (Å²) in [5, 5.41) is 5.48. The summed E-state index contributed by atoms with van der Waals surface area (Å²) in [5.41, 5.74) is 0.422. The van der Waals surface area contributed by atoms with Gasteiger partial charge in [0, 0.05) is 20.2 Å². The zero-order chi connectivity index (χ0) is 19.8. The summed E-state index contributed by atoms with van der Waals surface area (Å²) in [6.45, 7) is 4.87. The molecule has 0 radical (unpaired) electrons. The van der Waals surface area contributed by atoms with Gasteiger partial charge in [0.05, 0.1) is 22.8 Å². The van der Waals surface area contributed by atoms with Crippen LogP contribution in [0.25, 0.3) is 10.9 Å². The average molecular weight is 392 g/mol. The Morgan fingerprint density at radius 2 is 2.04 bits per heavy atom. The van der Waals surface area contributed by atoms with Crippen LogP contribution < -0.4 is 16.2 Å². The number of urea groups is 1. The number of thioether (sulfide) groups is 1. The number of hydrogen-bond acceptors (Lipinski definition) is 6. The monoisotopic (exact) mass is 392 g/mol. The smallest absolute Gasteiger partial charge is 0.321 e. The highest BCUT2D eigenvalue weighted by atomic mass is 32.2. The van der Waals surface area contributed by atoms with Gasteiger partial charge < -0.3 is 10.1 Å². The first-order chi connectivity index (χ1) is 12.9. The predicted octanol–water partition coefficient (Wildman–Crippen LogP) is 1.76. The summed E-state index contributed by atoms with van der Waals surface area (Å²) in [5.74, 6) is -0.489. The predicted molar refractivity (Wildman–Crippen MR) is 105 cm³/mol. The Hall–Kier alpha value is -2.39. The van der Waals surface area contributed by atoms with E-state index in [0.29, 0.717) is 35.6 Å². The topological polar surface area (TPSA) is 102 Å². The molecule has 2 aromatic rings. The molecule has 27 heavy (non-hydrogen) atoms. The van der Waals surface area contributed by atoms with E-state index in [1.54, 1.807) is 22.8 Å². The van der Waals surface area contributed by atoms with Crippen molar-refractivity contribution in [2.75, 3.05) is 19.4 Å². The van der Waals surface area contributed by atoms with Crippen molar-refractivity contribution in [1.82, 2.24) is 20.2 Å². The fourth-order valence-electron chi connectivity index (χ4n) is 2.35. The van der Waals surface area contributed by atoms with Crippen molar-refractivity contribution in [2.45, 2.75) is 38.1 Å². The molecule has 0 saturated carbocycles. The Morgan fingerprint density at radius 3 is 2.74 bits per heavy atom. The largest absolute Gasteiger partial charge is 0.379 e. The lowest BCUT2D eigenvalue weighted by molar-refractivity contribution is -0.117. The van der Waals surface area contributed by atoms with Crippen molar-refractivity contribution < 1.29 is 14.3 Å². The van der Waals surface area contributed by atoms with E-state index in [9.17, 15) is 14.4 Å². The van der Waals surface area contributed by atoms with Crippen LogP contribution in [0.15, 0.2) is 34.2 Å². The van der Waals surface area contributed by atoms with Gasteiger partial charge in [0.25, 0.3) is 5.56 Å². The maximum atomic E-state index is 12.9. The van der Waals surface area contributed by atoms with Crippen molar-refractivity contribution in [3.05, 3.63) is 34.6 Å². The van der Waals surface area contributed by atoms with E-state index in [-0.39, 0.29) is 17.4 Å². The van der Waals surface area contributed by atoms with E-state index in [4.69, 9.17) is 4.74 Å². The lowest BCUT2D eigenvalue weighted by atomic mass is 10.2. The molecule has 0 atom stereocenters. The number of imide groups is 1. The van der Waals surface area contributed by atoms with Crippen LogP contribution in [-0.4, -0.2) is 47.0 Å². The number of hydrogen-bond donors (Lipinski definition) is 2. The second kappa shape index (κ2) is 10.1.